The third kappa shape index (κ3) is 11.9. The number of hydrogen-bond donors (Lipinski definition) is 3. The number of halogens is 6. The maximum Gasteiger partial charge on any atom is 0.490 e. The van der Waals surface area contributed by atoms with Crippen molar-refractivity contribution in [2.24, 2.45) is 11.8 Å². The number of aliphatic carboxylic acids is 2. The highest BCUT2D eigenvalue weighted by atomic mass is 19.4. The predicted octanol–water partition coefficient (Wildman–Crippen LogP) is 4.06. The van der Waals surface area contributed by atoms with Gasteiger partial charge in [0.15, 0.2) is 0 Å². The van der Waals surface area contributed by atoms with Crippen molar-refractivity contribution in [3.05, 3.63) is 36.4 Å². The van der Waals surface area contributed by atoms with Gasteiger partial charge in [0.25, 0.3) is 0 Å². The highest BCUT2D eigenvalue weighted by Gasteiger charge is 2.38. The zero-order chi connectivity index (χ0) is 29.1. The van der Waals surface area contributed by atoms with E-state index < -0.39 is 24.3 Å². The van der Waals surface area contributed by atoms with Gasteiger partial charge in [0.1, 0.15) is 0 Å². The lowest BCUT2D eigenvalue weighted by atomic mass is 10.0. The second-order valence-electron chi connectivity index (χ2n) is 9.11. The Balaban J connectivity index is 0.000000317. The van der Waals surface area contributed by atoms with Gasteiger partial charge in [-0.25, -0.2) is 19.6 Å². The van der Waals surface area contributed by atoms with Crippen molar-refractivity contribution in [1.82, 2.24) is 24.6 Å². The van der Waals surface area contributed by atoms with Crippen LogP contribution in [0.25, 0.3) is 0 Å². The Morgan fingerprint density at radius 2 is 1.49 bits per heavy atom. The predicted molar refractivity (Wildman–Crippen MR) is 125 cm³/mol. The second kappa shape index (κ2) is 14.6. The van der Waals surface area contributed by atoms with Gasteiger partial charge in [0.05, 0.1) is 5.69 Å². The van der Waals surface area contributed by atoms with Crippen LogP contribution in [0.4, 0.5) is 32.3 Å². The van der Waals surface area contributed by atoms with Gasteiger partial charge in [-0.2, -0.15) is 31.4 Å². The highest BCUT2D eigenvalue weighted by molar-refractivity contribution is 5.73. The van der Waals surface area contributed by atoms with Gasteiger partial charge in [-0.15, -0.1) is 0 Å². The summed E-state index contributed by atoms with van der Waals surface area (Å²) >= 11 is 0. The molecule has 1 unspecified atom stereocenters. The quantitative estimate of drug-likeness (QED) is 0.441. The van der Waals surface area contributed by atoms with Crippen LogP contribution < -0.4 is 5.32 Å². The Morgan fingerprint density at radius 1 is 0.923 bits per heavy atom. The molecular formula is C23H30F6N6O4. The number of alkyl halides is 6. The number of carboxylic acids is 2. The van der Waals surface area contributed by atoms with E-state index in [0.29, 0.717) is 5.92 Å². The summed E-state index contributed by atoms with van der Waals surface area (Å²) in [5.41, 5.74) is 1.36. The van der Waals surface area contributed by atoms with E-state index in [4.69, 9.17) is 19.8 Å². The molecule has 10 nitrogen and oxygen atoms in total. The lowest BCUT2D eigenvalue weighted by Crippen LogP contribution is -2.32. The summed E-state index contributed by atoms with van der Waals surface area (Å²) in [5.74, 6) is -3.29. The summed E-state index contributed by atoms with van der Waals surface area (Å²) < 4.78 is 65.7. The summed E-state index contributed by atoms with van der Waals surface area (Å²) in [6, 6.07) is 4.02. The maximum atomic E-state index is 10.6. The fraction of sp³-hybridized carbons (Fsp3) is 0.609. The average Bonchev–Trinajstić information content (AvgIpc) is 3.48. The van der Waals surface area contributed by atoms with Crippen LogP contribution in [0.15, 0.2) is 30.7 Å². The van der Waals surface area contributed by atoms with E-state index in [0.717, 1.165) is 44.5 Å². The molecule has 0 radical (unpaired) electrons. The first-order chi connectivity index (χ1) is 18.3. The van der Waals surface area contributed by atoms with Gasteiger partial charge < -0.3 is 15.5 Å². The summed E-state index contributed by atoms with van der Waals surface area (Å²) in [5, 5.41) is 22.1. The number of nitrogens with zero attached hydrogens (tertiary/aromatic N) is 5. The average molecular weight is 569 g/mol. The molecule has 0 bridgehead atoms. The van der Waals surface area contributed by atoms with Crippen molar-refractivity contribution in [2.75, 3.05) is 25.0 Å². The Kier molecular flexibility index (Phi) is 11.9. The van der Waals surface area contributed by atoms with E-state index in [-0.39, 0.29) is 0 Å². The fourth-order valence-corrected chi connectivity index (χ4v) is 4.28. The van der Waals surface area contributed by atoms with Gasteiger partial charge in [-0.05, 0) is 43.2 Å². The molecule has 2 aromatic heterocycles. The topological polar surface area (TPSA) is 133 Å². The molecule has 0 spiro atoms. The molecule has 218 valence electrons. The largest absolute Gasteiger partial charge is 0.490 e. The molecule has 3 heterocycles. The second-order valence-corrected chi connectivity index (χ2v) is 9.11. The number of nitrogens with one attached hydrogen (secondary N) is 1. The third-order valence-corrected chi connectivity index (χ3v) is 6.02. The molecule has 39 heavy (non-hydrogen) atoms. The first-order valence-corrected chi connectivity index (χ1v) is 12.1. The van der Waals surface area contributed by atoms with Crippen LogP contribution in [-0.2, 0) is 22.7 Å². The highest BCUT2D eigenvalue weighted by Crippen LogP contribution is 2.27. The maximum absolute atomic E-state index is 10.6. The number of aromatic nitrogens is 4. The number of hydrogen-bond acceptors (Lipinski definition) is 7. The summed E-state index contributed by atoms with van der Waals surface area (Å²) in [6.07, 6.45) is 2.10. The third-order valence-electron chi connectivity index (χ3n) is 6.02. The van der Waals surface area contributed by atoms with E-state index in [1.807, 2.05) is 12.3 Å². The lowest BCUT2D eigenvalue weighted by Gasteiger charge is -2.26. The van der Waals surface area contributed by atoms with Crippen LogP contribution >= 0.6 is 0 Å². The normalized spacial score (nSPS) is 18.1. The van der Waals surface area contributed by atoms with Crippen LogP contribution in [-0.4, -0.2) is 78.8 Å². The molecule has 2 aliphatic rings. The first kappa shape index (κ1) is 31.8. The van der Waals surface area contributed by atoms with Crippen LogP contribution in [0.1, 0.15) is 37.8 Å². The molecular weight excluding hydrogens is 538 g/mol. The molecule has 3 N–H and O–H groups in total. The Labute approximate surface area is 220 Å². The zero-order valence-electron chi connectivity index (χ0n) is 20.8. The Hall–Kier alpha value is -3.43. The van der Waals surface area contributed by atoms with E-state index in [9.17, 15) is 26.3 Å². The molecule has 1 aliphatic heterocycles. The van der Waals surface area contributed by atoms with Crippen molar-refractivity contribution in [1.29, 1.82) is 0 Å². The molecule has 0 saturated heterocycles. The number of anilines is 1. The zero-order valence-corrected chi connectivity index (χ0v) is 20.8. The molecule has 1 atom stereocenters. The first-order valence-electron chi connectivity index (χ1n) is 12.1. The molecule has 4 rings (SSSR count). The van der Waals surface area contributed by atoms with Crippen molar-refractivity contribution < 1.29 is 46.1 Å². The number of carboxylic acid groups (broad SMARTS) is 2. The molecule has 0 aromatic carbocycles. The molecule has 2 aromatic rings. The Bertz CT molecular complexity index is 1000. The number of rotatable bonds is 6. The van der Waals surface area contributed by atoms with E-state index >= 15 is 0 Å². The fourth-order valence-electron chi connectivity index (χ4n) is 4.28. The molecule has 1 aliphatic carbocycles. The Morgan fingerprint density at radius 3 is 2.03 bits per heavy atom. The molecule has 1 fully saturated rings. The lowest BCUT2D eigenvalue weighted by molar-refractivity contribution is -0.193. The van der Waals surface area contributed by atoms with E-state index in [1.54, 1.807) is 12.4 Å². The number of carbonyl (C=O) groups is 2. The van der Waals surface area contributed by atoms with Crippen molar-refractivity contribution in [2.45, 2.75) is 57.5 Å². The van der Waals surface area contributed by atoms with E-state index in [1.165, 1.54) is 37.9 Å². The minimum absolute atomic E-state index is 0.610. The molecule has 0 amide bonds. The van der Waals surface area contributed by atoms with Crippen molar-refractivity contribution >= 4 is 17.9 Å². The monoisotopic (exact) mass is 568 g/mol. The summed E-state index contributed by atoms with van der Waals surface area (Å²) in [4.78, 5) is 28.9. The van der Waals surface area contributed by atoms with Crippen LogP contribution in [0.5, 0.6) is 0 Å². The van der Waals surface area contributed by atoms with Gasteiger partial charge in [0.2, 0.25) is 5.95 Å². The minimum Gasteiger partial charge on any atom is -0.475 e. The van der Waals surface area contributed by atoms with E-state index in [2.05, 4.69) is 36.0 Å². The van der Waals surface area contributed by atoms with Gasteiger partial charge in [0, 0.05) is 51.3 Å². The molecule has 1 saturated carbocycles. The van der Waals surface area contributed by atoms with Crippen LogP contribution in [0, 0.1) is 11.8 Å². The van der Waals surface area contributed by atoms with Gasteiger partial charge in [-0.1, -0.05) is 12.8 Å². The standard InChI is InChI=1S/C19H28N6.2C2HF3O2/c1-2-5-16(4-1)12-24-13-17(14-25-18(15-24)7-11-23-25)6-10-22-19-20-8-3-9-21-19;2*3-2(4,5)1(6)7/h3,7-9,11,16-17H,1-2,4-6,10,12-15H2,(H,20,21,22);2*(H,6,7). The van der Waals surface area contributed by atoms with Gasteiger partial charge in [-0.3, -0.25) is 9.58 Å². The summed E-state index contributed by atoms with van der Waals surface area (Å²) in [7, 11) is 0. The minimum atomic E-state index is -5.08. The van der Waals surface area contributed by atoms with Gasteiger partial charge >= 0.3 is 24.3 Å². The van der Waals surface area contributed by atoms with Crippen LogP contribution in [0.3, 0.4) is 0 Å². The van der Waals surface area contributed by atoms with Crippen molar-refractivity contribution in [3.63, 3.8) is 0 Å². The summed E-state index contributed by atoms with van der Waals surface area (Å²) in [6.45, 7) is 5.37. The van der Waals surface area contributed by atoms with Crippen LogP contribution in [0.2, 0.25) is 0 Å². The number of fused-ring (bicyclic) bond motifs is 1. The SMILES string of the molecule is O=C(O)C(F)(F)F.O=C(O)C(F)(F)F.c1cnc(NCCC2CN(CC3CCCC3)Cc3ccnn3C2)nc1. The molecule has 16 heteroatoms. The smallest absolute Gasteiger partial charge is 0.475 e. The van der Waals surface area contributed by atoms with Crippen molar-refractivity contribution in [3.8, 4) is 0 Å².